The first kappa shape index (κ1) is 12.6. The maximum Gasteiger partial charge on any atom is 0.0521 e. The highest BCUT2D eigenvalue weighted by atomic mass is 15.2. The van der Waals surface area contributed by atoms with Crippen molar-refractivity contribution < 1.29 is 0 Å². The Morgan fingerprint density at radius 3 is 2.76 bits per heavy atom. The minimum atomic E-state index is 0.894. The van der Waals surface area contributed by atoms with Gasteiger partial charge in [-0.1, -0.05) is 19.3 Å². The third-order valence-corrected chi connectivity index (χ3v) is 4.09. The Hall–Kier alpha value is -0.830. The van der Waals surface area contributed by atoms with Crippen LogP contribution in [0.4, 0.5) is 0 Å². The Morgan fingerprint density at radius 2 is 2.12 bits per heavy atom. The zero-order chi connectivity index (χ0) is 12.1. The van der Waals surface area contributed by atoms with Crippen molar-refractivity contribution in [1.29, 1.82) is 0 Å². The Balaban J connectivity index is 1.83. The Labute approximate surface area is 105 Å². The van der Waals surface area contributed by atoms with E-state index in [9.17, 15) is 0 Å². The highest BCUT2D eigenvalue weighted by Crippen LogP contribution is 2.32. The second-order valence-corrected chi connectivity index (χ2v) is 5.42. The van der Waals surface area contributed by atoms with Gasteiger partial charge in [0.2, 0.25) is 0 Å². The van der Waals surface area contributed by atoms with Gasteiger partial charge in [-0.25, -0.2) is 0 Å². The first-order valence-corrected chi connectivity index (χ1v) is 6.91. The van der Waals surface area contributed by atoms with Crippen LogP contribution < -0.4 is 5.32 Å². The molecule has 1 aliphatic rings. The summed E-state index contributed by atoms with van der Waals surface area (Å²) >= 11 is 0. The fourth-order valence-corrected chi connectivity index (χ4v) is 3.15. The van der Waals surface area contributed by atoms with Crippen LogP contribution in [0.25, 0.3) is 0 Å². The van der Waals surface area contributed by atoms with Crippen LogP contribution in [0.1, 0.15) is 37.7 Å². The standard InChI is InChI=1S/C14H25N3/c1-15-10-14-6-4-3-5-13(14)8-7-12-9-16-17(2)11-12/h9,11,13-15H,3-8,10H2,1-2H3. The van der Waals surface area contributed by atoms with E-state index in [1.807, 2.05) is 17.9 Å². The maximum absolute atomic E-state index is 4.24. The number of hydrogen-bond acceptors (Lipinski definition) is 2. The molecule has 1 N–H and O–H groups in total. The quantitative estimate of drug-likeness (QED) is 0.849. The number of rotatable bonds is 5. The van der Waals surface area contributed by atoms with Gasteiger partial charge >= 0.3 is 0 Å². The maximum atomic E-state index is 4.24. The van der Waals surface area contributed by atoms with Crippen molar-refractivity contribution in [3.63, 3.8) is 0 Å². The SMILES string of the molecule is CNCC1CCCCC1CCc1cnn(C)c1. The van der Waals surface area contributed by atoms with Crippen molar-refractivity contribution in [1.82, 2.24) is 15.1 Å². The number of aryl methyl sites for hydroxylation is 2. The summed E-state index contributed by atoms with van der Waals surface area (Å²) in [6.45, 7) is 1.19. The van der Waals surface area contributed by atoms with Crippen molar-refractivity contribution in [3.05, 3.63) is 18.0 Å². The van der Waals surface area contributed by atoms with Crippen molar-refractivity contribution >= 4 is 0 Å². The van der Waals surface area contributed by atoms with E-state index in [0.717, 1.165) is 11.8 Å². The van der Waals surface area contributed by atoms with E-state index in [4.69, 9.17) is 0 Å². The summed E-state index contributed by atoms with van der Waals surface area (Å²) in [5.41, 5.74) is 1.39. The van der Waals surface area contributed by atoms with Gasteiger partial charge in [-0.15, -0.1) is 0 Å². The molecule has 2 rings (SSSR count). The van der Waals surface area contributed by atoms with Crippen molar-refractivity contribution in [2.75, 3.05) is 13.6 Å². The lowest BCUT2D eigenvalue weighted by molar-refractivity contribution is 0.221. The zero-order valence-electron chi connectivity index (χ0n) is 11.2. The Kier molecular flexibility index (Phi) is 4.60. The summed E-state index contributed by atoms with van der Waals surface area (Å²) in [6, 6.07) is 0. The van der Waals surface area contributed by atoms with Crippen LogP contribution in [0.3, 0.4) is 0 Å². The molecule has 1 fully saturated rings. The van der Waals surface area contributed by atoms with Gasteiger partial charge in [0.05, 0.1) is 6.20 Å². The van der Waals surface area contributed by atoms with E-state index in [1.54, 1.807) is 0 Å². The molecule has 1 aliphatic carbocycles. The van der Waals surface area contributed by atoms with Gasteiger partial charge in [-0.3, -0.25) is 4.68 Å². The summed E-state index contributed by atoms with van der Waals surface area (Å²) < 4.78 is 1.90. The summed E-state index contributed by atoms with van der Waals surface area (Å²) in [7, 11) is 4.07. The van der Waals surface area contributed by atoms with Crippen molar-refractivity contribution in [3.8, 4) is 0 Å². The topological polar surface area (TPSA) is 29.9 Å². The largest absolute Gasteiger partial charge is 0.319 e. The fourth-order valence-electron chi connectivity index (χ4n) is 3.15. The third-order valence-electron chi connectivity index (χ3n) is 4.09. The van der Waals surface area contributed by atoms with Crippen LogP contribution in [-0.4, -0.2) is 23.4 Å². The highest BCUT2D eigenvalue weighted by molar-refractivity contribution is 5.03. The molecule has 3 nitrogen and oxygen atoms in total. The molecule has 0 aliphatic heterocycles. The van der Waals surface area contributed by atoms with Crippen LogP contribution in [0.5, 0.6) is 0 Å². The number of nitrogens with zero attached hydrogens (tertiary/aromatic N) is 2. The minimum Gasteiger partial charge on any atom is -0.319 e. The molecule has 0 bridgehead atoms. The second-order valence-electron chi connectivity index (χ2n) is 5.42. The highest BCUT2D eigenvalue weighted by Gasteiger charge is 2.24. The number of nitrogens with one attached hydrogen (secondary N) is 1. The lowest BCUT2D eigenvalue weighted by Crippen LogP contribution is -2.29. The normalized spacial score (nSPS) is 25.1. The minimum absolute atomic E-state index is 0.894. The van der Waals surface area contributed by atoms with Gasteiger partial charge in [0.1, 0.15) is 0 Å². The Bertz CT molecular complexity index is 330. The van der Waals surface area contributed by atoms with Crippen LogP contribution in [-0.2, 0) is 13.5 Å². The smallest absolute Gasteiger partial charge is 0.0521 e. The van der Waals surface area contributed by atoms with E-state index < -0.39 is 0 Å². The molecule has 1 saturated carbocycles. The van der Waals surface area contributed by atoms with Gasteiger partial charge < -0.3 is 5.32 Å². The summed E-state index contributed by atoms with van der Waals surface area (Å²) in [5, 5.41) is 7.59. The van der Waals surface area contributed by atoms with Crippen molar-refractivity contribution in [2.24, 2.45) is 18.9 Å². The lowest BCUT2D eigenvalue weighted by Gasteiger charge is -2.31. The molecule has 1 heterocycles. The van der Waals surface area contributed by atoms with E-state index in [1.165, 1.54) is 50.6 Å². The molecule has 3 heteroatoms. The van der Waals surface area contributed by atoms with E-state index in [-0.39, 0.29) is 0 Å². The van der Waals surface area contributed by atoms with Crippen LogP contribution >= 0.6 is 0 Å². The first-order valence-electron chi connectivity index (χ1n) is 6.91. The van der Waals surface area contributed by atoms with E-state index in [0.29, 0.717) is 0 Å². The molecule has 1 aromatic rings. The molecular formula is C14H25N3. The van der Waals surface area contributed by atoms with Gasteiger partial charge in [0.15, 0.2) is 0 Å². The zero-order valence-corrected chi connectivity index (χ0v) is 11.2. The molecule has 96 valence electrons. The average Bonchev–Trinajstić information content (AvgIpc) is 2.74. The first-order chi connectivity index (χ1) is 8.29. The molecule has 0 spiro atoms. The Morgan fingerprint density at radius 1 is 1.35 bits per heavy atom. The van der Waals surface area contributed by atoms with E-state index in [2.05, 4.69) is 23.7 Å². The molecule has 2 unspecified atom stereocenters. The van der Waals surface area contributed by atoms with Crippen LogP contribution in [0.2, 0.25) is 0 Å². The summed E-state index contributed by atoms with van der Waals surface area (Å²) in [5.74, 6) is 1.81. The molecule has 1 aromatic heterocycles. The molecule has 0 amide bonds. The lowest BCUT2D eigenvalue weighted by atomic mass is 9.76. The van der Waals surface area contributed by atoms with Gasteiger partial charge in [-0.05, 0) is 50.3 Å². The number of aromatic nitrogens is 2. The van der Waals surface area contributed by atoms with Crippen LogP contribution in [0.15, 0.2) is 12.4 Å². The van der Waals surface area contributed by atoms with Gasteiger partial charge in [0, 0.05) is 13.2 Å². The second kappa shape index (κ2) is 6.20. The molecule has 17 heavy (non-hydrogen) atoms. The summed E-state index contributed by atoms with van der Waals surface area (Å²) in [6.07, 6.45) is 12.4. The van der Waals surface area contributed by atoms with Gasteiger partial charge in [-0.2, -0.15) is 5.10 Å². The molecule has 0 radical (unpaired) electrons. The average molecular weight is 235 g/mol. The number of hydrogen-bond donors (Lipinski definition) is 1. The molecular weight excluding hydrogens is 210 g/mol. The molecule has 0 aromatic carbocycles. The molecule has 2 atom stereocenters. The van der Waals surface area contributed by atoms with Gasteiger partial charge in [0.25, 0.3) is 0 Å². The third kappa shape index (κ3) is 3.56. The van der Waals surface area contributed by atoms with Crippen molar-refractivity contribution in [2.45, 2.75) is 38.5 Å². The predicted molar refractivity (Wildman–Crippen MR) is 70.9 cm³/mol. The predicted octanol–water partition coefficient (Wildman–Crippen LogP) is 2.38. The summed E-state index contributed by atoms with van der Waals surface area (Å²) in [4.78, 5) is 0. The van der Waals surface area contributed by atoms with E-state index >= 15 is 0 Å². The van der Waals surface area contributed by atoms with Crippen LogP contribution in [0, 0.1) is 11.8 Å². The monoisotopic (exact) mass is 235 g/mol. The molecule has 0 saturated heterocycles. The fraction of sp³-hybridized carbons (Fsp3) is 0.786.